The number of carbonyl (C=O) groups excluding carboxylic acids is 1. The minimum atomic E-state index is -0.357. The number of carbonyl (C=O) groups is 1. The molecule has 0 saturated carbocycles. The number of methoxy groups -OCH3 is 1. The Morgan fingerprint density at radius 3 is 2.52 bits per heavy atom. The number of nitrogens with one attached hydrogen (secondary N) is 1. The van der Waals surface area contributed by atoms with Crippen LogP contribution in [0.15, 0.2) is 48.5 Å². The first-order chi connectivity index (χ1) is 11.0. The van der Waals surface area contributed by atoms with Gasteiger partial charge in [-0.2, -0.15) is 0 Å². The fraction of sp³-hybridized carbons (Fsp3) is 0.278. The van der Waals surface area contributed by atoms with Crippen molar-refractivity contribution in [1.82, 2.24) is 10.2 Å². The average Bonchev–Trinajstić information content (AvgIpc) is 2.55. The second-order valence-corrected chi connectivity index (χ2v) is 5.47. The number of halogens is 1. The first-order valence-electron chi connectivity index (χ1n) is 7.35. The maximum Gasteiger partial charge on any atom is 0.251 e. The maximum absolute atomic E-state index is 12.9. The van der Waals surface area contributed by atoms with Crippen LogP contribution in [0.3, 0.4) is 0 Å². The fourth-order valence-corrected chi connectivity index (χ4v) is 2.34. The molecule has 1 amide bonds. The Balaban J connectivity index is 2.07. The van der Waals surface area contributed by atoms with Gasteiger partial charge in [0, 0.05) is 12.1 Å². The molecule has 0 aliphatic carbocycles. The van der Waals surface area contributed by atoms with Crippen LogP contribution in [-0.2, 0) is 0 Å². The summed E-state index contributed by atoms with van der Waals surface area (Å²) < 4.78 is 18.2. The number of hydrogen-bond acceptors (Lipinski definition) is 3. The van der Waals surface area contributed by atoms with E-state index in [2.05, 4.69) is 5.32 Å². The zero-order valence-corrected chi connectivity index (χ0v) is 13.5. The van der Waals surface area contributed by atoms with Crippen LogP contribution in [0.2, 0.25) is 0 Å². The van der Waals surface area contributed by atoms with Crippen LogP contribution in [0.1, 0.15) is 22.0 Å². The van der Waals surface area contributed by atoms with Gasteiger partial charge in [0.05, 0.1) is 13.2 Å². The maximum atomic E-state index is 12.9. The van der Waals surface area contributed by atoms with Crippen molar-refractivity contribution in [1.29, 1.82) is 0 Å². The van der Waals surface area contributed by atoms with Crippen LogP contribution < -0.4 is 10.1 Å². The minimum absolute atomic E-state index is 0.00879. The minimum Gasteiger partial charge on any atom is -0.497 e. The monoisotopic (exact) mass is 316 g/mol. The molecule has 122 valence electrons. The third kappa shape index (κ3) is 4.53. The summed E-state index contributed by atoms with van der Waals surface area (Å²) in [7, 11) is 5.53. The van der Waals surface area contributed by atoms with Gasteiger partial charge in [0.15, 0.2) is 0 Å². The summed E-state index contributed by atoms with van der Waals surface area (Å²) in [6, 6.07) is 13.3. The molecule has 5 heteroatoms. The van der Waals surface area contributed by atoms with Crippen LogP contribution in [0, 0.1) is 5.82 Å². The lowest BCUT2D eigenvalue weighted by molar-refractivity contribution is 0.0942. The number of nitrogens with zero attached hydrogens (tertiary/aromatic N) is 1. The predicted octanol–water partition coefficient (Wildman–Crippen LogP) is 2.87. The Morgan fingerprint density at radius 2 is 1.91 bits per heavy atom. The summed E-state index contributed by atoms with van der Waals surface area (Å²) in [5.74, 6) is 0.197. The number of amides is 1. The van der Waals surface area contributed by atoms with E-state index in [4.69, 9.17) is 4.74 Å². The van der Waals surface area contributed by atoms with Crippen LogP contribution in [0.4, 0.5) is 4.39 Å². The second kappa shape index (κ2) is 7.74. The molecule has 0 radical (unpaired) electrons. The summed E-state index contributed by atoms with van der Waals surface area (Å²) in [6.45, 7) is 0.441. The number of likely N-dealkylation sites (N-methyl/N-ethyl adjacent to an activating group) is 1. The molecule has 4 nitrogen and oxygen atoms in total. The van der Waals surface area contributed by atoms with Gasteiger partial charge in [0.2, 0.25) is 0 Å². The van der Waals surface area contributed by atoms with Crippen molar-refractivity contribution in [3.8, 4) is 5.75 Å². The SMILES string of the molecule is COc1cccc(C(CNC(=O)c2ccc(F)cc2)N(C)C)c1. The van der Waals surface area contributed by atoms with Crippen molar-refractivity contribution in [3.63, 3.8) is 0 Å². The highest BCUT2D eigenvalue weighted by Crippen LogP contribution is 2.22. The van der Waals surface area contributed by atoms with E-state index in [1.165, 1.54) is 24.3 Å². The lowest BCUT2D eigenvalue weighted by Crippen LogP contribution is -2.34. The van der Waals surface area contributed by atoms with Crippen LogP contribution in [0.25, 0.3) is 0 Å². The highest BCUT2D eigenvalue weighted by atomic mass is 19.1. The van der Waals surface area contributed by atoms with Crippen LogP contribution in [0.5, 0.6) is 5.75 Å². The summed E-state index contributed by atoms with van der Waals surface area (Å²) in [4.78, 5) is 14.2. The van der Waals surface area contributed by atoms with Gasteiger partial charge in [-0.25, -0.2) is 4.39 Å². The molecule has 1 unspecified atom stereocenters. The Kier molecular flexibility index (Phi) is 5.71. The van der Waals surface area contributed by atoms with Gasteiger partial charge in [0.25, 0.3) is 5.91 Å². The number of rotatable bonds is 6. The van der Waals surface area contributed by atoms with E-state index in [1.807, 2.05) is 43.3 Å². The largest absolute Gasteiger partial charge is 0.497 e. The van der Waals surface area contributed by atoms with Gasteiger partial charge >= 0.3 is 0 Å². The topological polar surface area (TPSA) is 41.6 Å². The highest BCUT2D eigenvalue weighted by Gasteiger charge is 2.16. The van der Waals surface area contributed by atoms with Gasteiger partial charge < -0.3 is 15.0 Å². The normalized spacial score (nSPS) is 12.0. The molecular formula is C18H21FN2O2. The van der Waals surface area contributed by atoms with E-state index in [1.54, 1.807) is 7.11 Å². The van der Waals surface area contributed by atoms with E-state index in [0.717, 1.165) is 11.3 Å². The molecule has 23 heavy (non-hydrogen) atoms. The number of benzene rings is 2. The standard InChI is InChI=1S/C18H21FN2O2/c1-21(2)17(14-5-4-6-16(11-14)23-3)12-20-18(22)13-7-9-15(19)10-8-13/h4-11,17H,12H2,1-3H3,(H,20,22). The number of ether oxygens (including phenoxy) is 1. The molecule has 0 heterocycles. The fourth-order valence-electron chi connectivity index (χ4n) is 2.34. The Labute approximate surface area is 135 Å². The molecule has 0 saturated heterocycles. The summed E-state index contributed by atoms with van der Waals surface area (Å²) in [6.07, 6.45) is 0. The third-order valence-corrected chi connectivity index (χ3v) is 3.66. The highest BCUT2D eigenvalue weighted by molar-refractivity contribution is 5.94. The Morgan fingerprint density at radius 1 is 1.22 bits per heavy atom. The molecule has 0 aliphatic heterocycles. The van der Waals surface area contributed by atoms with E-state index in [-0.39, 0.29) is 17.8 Å². The van der Waals surface area contributed by atoms with E-state index in [9.17, 15) is 9.18 Å². The molecule has 2 aromatic carbocycles. The summed E-state index contributed by atoms with van der Waals surface area (Å²) >= 11 is 0. The van der Waals surface area contributed by atoms with Gasteiger partial charge in [-0.15, -0.1) is 0 Å². The van der Waals surface area contributed by atoms with Crippen molar-refractivity contribution >= 4 is 5.91 Å². The smallest absolute Gasteiger partial charge is 0.251 e. The van der Waals surface area contributed by atoms with Crippen molar-refractivity contribution in [2.75, 3.05) is 27.7 Å². The zero-order chi connectivity index (χ0) is 16.8. The molecule has 1 atom stereocenters. The first kappa shape index (κ1) is 17.0. The van der Waals surface area contributed by atoms with E-state index in [0.29, 0.717) is 12.1 Å². The lowest BCUT2D eigenvalue weighted by Gasteiger charge is -2.25. The molecule has 0 spiro atoms. The van der Waals surface area contributed by atoms with Crippen LogP contribution in [-0.4, -0.2) is 38.6 Å². The Hall–Kier alpha value is -2.40. The first-order valence-corrected chi connectivity index (χ1v) is 7.35. The molecule has 2 rings (SSSR count). The predicted molar refractivity (Wildman–Crippen MR) is 88.2 cm³/mol. The van der Waals surface area contributed by atoms with Crippen molar-refractivity contribution in [3.05, 3.63) is 65.5 Å². The van der Waals surface area contributed by atoms with Crippen molar-refractivity contribution < 1.29 is 13.9 Å². The molecule has 1 N–H and O–H groups in total. The molecular weight excluding hydrogens is 295 g/mol. The quantitative estimate of drug-likeness (QED) is 0.891. The van der Waals surface area contributed by atoms with Gasteiger partial charge in [-0.05, 0) is 56.1 Å². The van der Waals surface area contributed by atoms with E-state index < -0.39 is 0 Å². The van der Waals surface area contributed by atoms with Crippen molar-refractivity contribution in [2.24, 2.45) is 0 Å². The zero-order valence-electron chi connectivity index (χ0n) is 13.5. The molecule has 0 bridgehead atoms. The Bertz CT molecular complexity index is 656. The average molecular weight is 316 g/mol. The molecule has 0 fully saturated rings. The summed E-state index contributed by atoms with van der Waals surface area (Å²) in [5, 5.41) is 2.89. The second-order valence-electron chi connectivity index (χ2n) is 5.47. The van der Waals surface area contributed by atoms with Crippen LogP contribution >= 0.6 is 0 Å². The van der Waals surface area contributed by atoms with E-state index >= 15 is 0 Å². The molecule has 2 aromatic rings. The number of hydrogen-bond donors (Lipinski definition) is 1. The van der Waals surface area contributed by atoms with Gasteiger partial charge in [-0.1, -0.05) is 12.1 Å². The third-order valence-electron chi connectivity index (χ3n) is 3.66. The molecule has 0 aliphatic rings. The lowest BCUT2D eigenvalue weighted by atomic mass is 10.1. The molecule has 0 aromatic heterocycles. The van der Waals surface area contributed by atoms with Gasteiger partial charge in [0.1, 0.15) is 11.6 Å². The summed E-state index contributed by atoms with van der Waals surface area (Å²) in [5.41, 5.74) is 1.49. The van der Waals surface area contributed by atoms with Crippen molar-refractivity contribution in [2.45, 2.75) is 6.04 Å². The van der Waals surface area contributed by atoms with Gasteiger partial charge in [-0.3, -0.25) is 4.79 Å².